The van der Waals surface area contributed by atoms with E-state index in [1.165, 1.54) is 18.5 Å². The molecule has 27 heavy (non-hydrogen) atoms. The topological polar surface area (TPSA) is 67.4 Å². The van der Waals surface area contributed by atoms with Gasteiger partial charge in [0.05, 0.1) is 23.0 Å². The standard InChI is InChI=1S/C20H30N4O2S/c1-13(2)27-7-6-24-10-17-16(18-4-5-20(17,11-24)26-18)9-22-19(25)15-8-21-12-23-14(15)3/h8,12-13,16-18H,4-7,9-11H2,1-3H3,(H,22,25)/t16-,17+,18+,20+/m0/s1. The van der Waals surface area contributed by atoms with E-state index in [2.05, 4.69) is 34.0 Å². The first-order valence-electron chi connectivity index (χ1n) is 10.0. The average molecular weight is 391 g/mol. The predicted octanol–water partition coefficient (Wildman–Crippen LogP) is 2.14. The molecule has 0 saturated carbocycles. The minimum absolute atomic E-state index is 0.0360. The smallest absolute Gasteiger partial charge is 0.254 e. The lowest BCUT2D eigenvalue weighted by molar-refractivity contribution is 0.00326. The number of nitrogens with zero attached hydrogens (tertiary/aromatic N) is 3. The largest absolute Gasteiger partial charge is 0.370 e. The Balaban J connectivity index is 1.36. The summed E-state index contributed by atoms with van der Waals surface area (Å²) in [7, 11) is 0. The van der Waals surface area contributed by atoms with Gasteiger partial charge in [-0.3, -0.25) is 9.69 Å². The van der Waals surface area contributed by atoms with Crippen LogP contribution in [-0.2, 0) is 4.74 Å². The van der Waals surface area contributed by atoms with Crippen LogP contribution in [0.25, 0.3) is 0 Å². The molecule has 3 aliphatic rings. The zero-order valence-electron chi connectivity index (χ0n) is 16.5. The number of hydrogen-bond donors (Lipinski definition) is 1. The van der Waals surface area contributed by atoms with Crippen LogP contribution in [0.4, 0.5) is 0 Å². The van der Waals surface area contributed by atoms with Crippen molar-refractivity contribution in [3.63, 3.8) is 0 Å². The third kappa shape index (κ3) is 3.74. The molecule has 1 N–H and O–H groups in total. The van der Waals surface area contributed by atoms with Gasteiger partial charge in [0, 0.05) is 50.0 Å². The Kier molecular flexibility index (Phi) is 5.45. The molecule has 3 fully saturated rings. The van der Waals surface area contributed by atoms with Crippen LogP contribution in [0.1, 0.15) is 42.7 Å². The minimum atomic E-state index is -0.0758. The average Bonchev–Trinajstić information content (AvgIpc) is 3.28. The van der Waals surface area contributed by atoms with E-state index >= 15 is 0 Å². The maximum atomic E-state index is 12.5. The van der Waals surface area contributed by atoms with E-state index in [0.717, 1.165) is 31.7 Å². The highest BCUT2D eigenvalue weighted by Gasteiger charge is 2.62. The number of carbonyl (C=O) groups excluding carboxylic acids is 1. The lowest BCUT2D eigenvalue weighted by Gasteiger charge is -2.29. The first-order valence-corrected chi connectivity index (χ1v) is 11.1. The molecule has 3 aliphatic heterocycles. The lowest BCUT2D eigenvalue weighted by atomic mass is 9.73. The van der Waals surface area contributed by atoms with Crippen LogP contribution in [-0.4, -0.2) is 69.7 Å². The number of hydrogen-bond acceptors (Lipinski definition) is 6. The van der Waals surface area contributed by atoms with Crippen molar-refractivity contribution in [1.82, 2.24) is 20.2 Å². The Bertz CT molecular complexity index is 700. The van der Waals surface area contributed by atoms with Crippen molar-refractivity contribution in [2.24, 2.45) is 11.8 Å². The fraction of sp³-hybridized carbons (Fsp3) is 0.750. The molecule has 1 amide bonds. The Morgan fingerprint density at radius 3 is 3.15 bits per heavy atom. The molecule has 148 valence electrons. The van der Waals surface area contributed by atoms with E-state index in [4.69, 9.17) is 4.74 Å². The predicted molar refractivity (Wildman–Crippen MR) is 107 cm³/mol. The normalized spacial score (nSPS) is 32.2. The van der Waals surface area contributed by atoms with Crippen LogP contribution in [0.5, 0.6) is 0 Å². The quantitative estimate of drug-likeness (QED) is 0.769. The summed E-state index contributed by atoms with van der Waals surface area (Å²) >= 11 is 2.03. The molecule has 2 bridgehead atoms. The zero-order chi connectivity index (χ0) is 19.0. The van der Waals surface area contributed by atoms with Crippen LogP contribution >= 0.6 is 11.8 Å². The van der Waals surface area contributed by atoms with E-state index in [1.54, 1.807) is 6.20 Å². The highest BCUT2D eigenvalue weighted by Crippen LogP contribution is 2.54. The number of ether oxygens (including phenoxy) is 1. The van der Waals surface area contributed by atoms with Crippen molar-refractivity contribution in [1.29, 1.82) is 0 Å². The van der Waals surface area contributed by atoms with Crippen molar-refractivity contribution in [2.75, 3.05) is 31.9 Å². The fourth-order valence-electron chi connectivity index (χ4n) is 5.07. The van der Waals surface area contributed by atoms with E-state index in [0.29, 0.717) is 35.3 Å². The molecule has 1 aromatic heterocycles. The summed E-state index contributed by atoms with van der Waals surface area (Å²) in [6.07, 6.45) is 5.67. The first kappa shape index (κ1) is 19.2. The van der Waals surface area contributed by atoms with Gasteiger partial charge in [-0.1, -0.05) is 13.8 Å². The number of aromatic nitrogens is 2. The van der Waals surface area contributed by atoms with Crippen molar-refractivity contribution in [3.8, 4) is 0 Å². The Morgan fingerprint density at radius 2 is 2.37 bits per heavy atom. The number of fused-ring (bicyclic) bond motifs is 1. The highest BCUT2D eigenvalue weighted by atomic mass is 32.2. The van der Waals surface area contributed by atoms with Gasteiger partial charge < -0.3 is 10.1 Å². The second-order valence-electron chi connectivity index (χ2n) is 8.42. The third-order valence-electron chi connectivity index (χ3n) is 6.37. The van der Waals surface area contributed by atoms with E-state index in [9.17, 15) is 4.79 Å². The molecule has 6 nitrogen and oxygen atoms in total. The molecule has 4 rings (SSSR count). The van der Waals surface area contributed by atoms with Gasteiger partial charge in [-0.2, -0.15) is 11.8 Å². The van der Waals surface area contributed by atoms with Crippen LogP contribution in [0.15, 0.2) is 12.5 Å². The minimum Gasteiger partial charge on any atom is -0.370 e. The molecule has 0 aliphatic carbocycles. The molecule has 0 aromatic carbocycles. The van der Waals surface area contributed by atoms with Gasteiger partial charge in [0.2, 0.25) is 0 Å². The summed E-state index contributed by atoms with van der Waals surface area (Å²) in [5.74, 6) is 2.05. The number of carbonyl (C=O) groups is 1. The SMILES string of the molecule is Cc1ncncc1C(=O)NC[C@H]1[C@H]2CN(CCSC(C)C)C[C@]23CC[C@H]1O3. The number of rotatable bonds is 7. The van der Waals surface area contributed by atoms with Gasteiger partial charge in [0.1, 0.15) is 6.33 Å². The molecule has 0 radical (unpaired) electrons. The summed E-state index contributed by atoms with van der Waals surface area (Å²) in [4.78, 5) is 23.2. The van der Waals surface area contributed by atoms with Gasteiger partial charge in [-0.05, 0) is 25.0 Å². The zero-order valence-corrected chi connectivity index (χ0v) is 17.3. The Morgan fingerprint density at radius 1 is 1.52 bits per heavy atom. The van der Waals surface area contributed by atoms with Crippen molar-refractivity contribution >= 4 is 17.7 Å². The lowest BCUT2D eigenvalue weighted by Crippen LogP contribution is -2.42. The number of likely N-dealkylation sites (tertiary alicyclic amines) is 1. The molecule has 4 heterocycles. The molecule has 0 unspecified atom stereocenters. The van der Waals surface area contributed by atoms with Gasteiger partial charge in [-0.15, -0.1) is 0 Å². The first-order chi connectivity index (χ1) is 13.0. The van der Waals surface area contributed by atoms with E-state index in [1.807, 2.05) is 18.7 Å². The second kappa shape index (κ2) is 7.68. The molecular formula is C20H30N4O2S. The van der Waals surface area contributed by atoms with Crippen LogP contribution < -0.4 is 5.32 Å². The van der Waals surface area contributed by atoms with Crippen LogP contribution in [0, 0.1) is 18.8 Å². The third-order valence-corrected chi connectivity index (χ3v) is 7.45. The van der Waals surface area contributed by atoms with Gasteiger partial charge in [0.25, 0.3) is 5.91 Å². The molecule has 4 atom stereocenters. The van der Waals surface area contributed by atoms with Crippen molar-refractivity contribution in [3.05, 3.63) is 23.8 Å². The van der Waals surface area contributed by atoms with E-state index in [-0.39, 0.29) is 11.5 Å². The van der Waals surface area contributed by atoms with Gasteiger partial charge in [0.15, 0.2) is 0 Å². The molecule has 7 heteroatoms. The molecule has 1 spiro atoms. The van der Waals surface area contributed by atoms with Crippen LogP contribution in [0.2, 0.25) is 0 Å². The molecule has 1 aromatic rings. The maximum Gasteiger partial charge on any atom is 0.254 e. The Hall–Kier alpha value is -1.18. The Labute approximate surface area is 165 Å². The van der Waals surface area contributed by atoms with Gasteiger partial charge >= 0.3 is 0 Å². The summed E-state index contributed by atoms with van der Waals surface area (Å²) in [6.45, 7) is 10.3. The molecular weight excluding hydrogens is 360 g/mol. The molecule has 3 saturated heterocycles. The highest BCUT2D eigenvalue weighted by molar-refractivity contribution is 7.99. The van der Waals surface area contributed by atoms with Gasteiger partial charge in [-0.25, -0.2) is 9.97 Å². The maximum absolute atomic E-state index is 12.5. The van der Waals surface area contributed by atoms with E-state index < -0.39 is 0 Å². The summed E-state index contributed by atoms with van der Waals surface area (Å²) in [6, 6.07) is 0. The summed E-state index contributed by atoms with van der Waals surface area (Å²) in [5, 5.41) is 3.81. The number of amides is 1. The number of aryl methyl sites for hydroxylation is 1. The second-order valence-corrected chi connectivity index (χ2v) is 10.1. The van der Waals surface area contributed by atoms with Crippen molar-refractivity contribution in [2.45, 2.75) is 50.6 Å². The number of thioether (sulfide) groups is 1. The number of nitrogens with one attached hydrogen (secondary N) is 1. The monoisotopic (exact) mass is 390 g/mol. The summed E-state index contributed by atoms with van der Waals surface area (Å²) in [5.41, 5.74) is 1.32. The van der Waals surface area contributed by atoms with Crippen LogP contribution in [0.3, 0.4) is 0 Å². The fourth-order valence-corrected chi connectivity index (χ4v) is 5.90. The summed E-state index contributed by atoms with van der Waals surface area (Å²) < 4.78 is 6.49. The van der Waals surface area contributed by atoms with Crippen molar-refractivity contribution < 1.29 is 9.53 Å².